The molecular formula is C21H24N2O4S2. The number of nitrogens with zero attached hydrogens (tertiary/aromatic N) is 1. The number of anilines is 1. The number of amides is 2. The van der Waals surface area contributed by atoms with Gasteiger partial charge in [0, 0.05) is 42.1 Å². The van der Waals surface area contributed by atoms with Crippen LogP contribution in [-0.4, -0.2) is 56.0 Å². The van der Waals surface area contributed by atoms with Crippen molar-refractivity contribution < 1.29 is 18.0 Å². The SMILES string of the molecule is CS(=O)(=O)Cc1cccc(C(=O)Nc2ccc(CC(=O)N3CCSCC3)cc2)c1. The number of nitrogens with one attached hydrogen (secondary N) is 1. The number of thioether (sulfide) groups is 1. The molecule has 2 aromatic carbocycles. The molecule has 0 bridgehead atoms. The summed E-state index contributed by atoms with van der Waals surface area (Å²) in [6.07, 6.45) is 1.52. The number of carbonyl (C=O) groups excluding carboxylic acids is 2. The van der Waals surface area contributed by atoms with E-state index in [-0.39, 0.29) is 17.6 Å². The Labute approximate surface area is 175 Å². The summed E-state index contributed by atoms with van der Waals surface area (Å²) in [6, 6.07) is 13.8. The maximum Gasteiger partial charge on any atom is 0.255 e. The summed E-state index contributed by atoms with van der Waals surface area (Å²) in [5, 5.41) is 2.81. The molecule has 8 heteroatoms. The van der Waals surface area contributed by atoms with Gasteiger partial charge in [-0.3, -0.25) is 9.59 Å². The Morgan fingerprint density at radius 1 is 1.03 bits per heavy atom. The van der Waals surface area contributed by atoms with Crippen molar-refractivity contribution in [3.8, 4) is 0 Å². The van der Waals surface area contributed by atoms with E-state index in [1.165, 1.54) is 0 Å². The first kappa shape index (κ1) is 21.4. The molecule has 6 nitrogen and oxygen atoms in total. The molecule has 1 aliphatic rings. The van der Waals surface area contributed by atoms with Crippen molar-refractivity contribution in [2.75, 3.05) is 36.2 Å². The lowest BCUT2D eigenvalue weighted by molar-refractivity contribution is -0.130. The summed E-state index contributed by atoms with van der Waals surface area (Å²) in [4.78, 5) is 26.7. The van der Waals surface area contributed by atoms with Gasteiger partial charge in [0.2, 0.25) is 5.91 Å². The van der Waals surface area contributed by atoms with Gasteiger partial charge in [-0.1, -0.05) is 24.3 Å². The third-order valence-corrected chi connectivity index (χ3v) is 6.35. The zero-order valence-electron chi connectivity index (χ0n) is 16.3. The van der Waals surface area contributed by atoms with Crippen molar-refractivity contribution in [2.45, 2.75) is 12.2 Å². The van der Waals surface area contributed by atoms with Gasteiger partial charge in [-0.05, 0) is 35.4 Å². The number of hydrogen-bond donors (Lipinski definition) is 1. The average molecular weight is 433 g/mol. The minimum atomic E-state index is -3.17. The molecule has 29 heavy (non-hydrogen) atoms. The van der Waals surface area contributed by atoms with Crippen LogP contribution in [0.15, 0.2) is 48.5 Å². The predicted octanol–water partition coefficient (Wildman–Crippen LogP) is 2.60. The smallest absolute Gasteiger partial charge is 0.255 e. The van der Waals surface area contributed by atoms with Crippen molar-refractivity contribution in [3.05, 3.63) is 65.2 Å². The second kappa shape index (κ2) is 9.45. The molecule has 0 atom stereocenters. The minimum absolute atomic E-state index is 0.105. The van der Waals surface area contributed by atoms with E-state index >= 15 is 0 Å². The number of hydrogen-bond acceptors (Lipinski definition) is 5. The second-order valence-electron chi connectivity index (χ2n) is 7.09. The molecule has 1 fully saturated rings. The van der Waals surface area contributed by atoms with Crippen LogP contribution in [0.4, 0.5) is 5.69 Å². The molecule has 1 saturated heterocycles. The zero-order valence-corrected chi connectivity index (χ0v) is 17.9. The van der Waals surface area contributed by atoms with Gasteiger partial charge < -0.3 is 10.2 Å². The monoisotopic (exact) mass is 432 g/mol. The molecule has 0 unspecified atom stereocenters. The summed E-state index contributed by atoms with van der Waals surface area (Å²) < 4.78 is 22.9. The molecule has 0 aliphatic carbocycles. The highest BCUT2D eigenvalue weighted by molar-refractivity contribution is 7.99. The van der Waals surface area contributed by atoms with Crippen LogP contribution < -0.4 is 5.32 Å². The molecule has 0 radical (unpaired) electrons. The van der Waals surface area contributed by atoms with Crippen LogP contribution in [-0.2, 0) is 26.8 Å². The number of rotatable bonds is 6. The molecule has 154 valence electrons. The van der Waals surface area contributed by atoms with E-state index in [4.69, 9.17) is 0 Å². The minimum Gasteiger partial charge on any atom is -0.341 e. The van der Waals surface area contributed by atoms with Crippen LogP contribution in [0.2, 0.25) is 0 Å². The average Bonchev–Trinajstić information content (AvgIpc) is 2.69. The van der Waals surface area contributed by atoms with Crippen LogP contribution in [0.5, 0.6) is 0 Å². The highest BCUT2D eigenvalue weighted by Crippen LogP contribution is 2.16. The number of benzene rings is 2. The van der Waals surface area contributed by atoms with Crippen LogP contribution in [0.3, 0.4) is 0 Å². The molecule has 1 N–H and O–H groups in total. The quantitative estimate of drug-likeness (QED) is 0.759. The molecule has 1 aliphatic heterocycles. The molecule has 0 spiro atoms. The molecular weight excluding hydrogens is 408 g/mol. The first-order valence-corrected chi connectivity index (χ1v) is 12.5. The predicted molar refractivity (Wildman–Crippen MR) is 117 cm³/mol. The molecule has 3 rings (SSSR count). The third kappa shape index (κ3) is 6.61. The van der Waals surface area contributed by atoms with E-state index in [2.05, 4.69) is 5.32 Å². The van der Waals surface area contributed by atoms with Crippen LogP contribution in [0.25, 0.3) is 0 Å². The largest absolute Gasteiger partial charge is 0.341 e. The topological polar surface area (TPSA) is 83.5 Å². The third-order valence-electron chi connectivity index (χ3n) is 4.55. The summed E-state index contributed by atoms with van der Waals surface area (Å²) >= 11 is 1.87. The maximum atomic E-state index is 12.5. The van der Waals surface area contributed by atoms with E-state index in [0.29, 0.717) is 23.2 Å². The van der Waals surface area contributed by atoms with Crippen molar-refractivity contribution in [1.29, 1.82) is 0 Å². The Hall–Kier alpha value is -2.32. The van der Waals surface area contributed by atoms with Crippen molar-refractivity contribution >= 4 is 39.1 Å². The fourth-order valence-electron chi connectivity index (χ4n) is 3.11. The highest BCUT2D eigenvalue weighted by atomic mass is 32.2. The van der Waals surface area contributed by atoms with Crippen molar-refractivity contribution in [1.82, 2.24) is 4.90 Å². The lowest BCUT2D eigenvalue weighted by Crippen LogP contribution is -2.38. The van der Waals surface area contributed by atoms with Gasteiger partial charge in [-0.15, -0.1) is 0 Å². The maximum absolute atomic E-state index is 12.5. The van der Waals surface area contributed by atoms with E-state index in [1.807, 2.05) is 28.8 Å². The summed E-state index contributed by atoms with van der Waals surface area (Å²) in [6.45, 7) is 1.60. The Balaban J connectivity index is 1.60. The second-order valence-corrected chi connectivity index (χ2v) is 10.5. The van der Waals surface area contributed by atoms with Crippen molar-refractivity contribution in [2.24, 2.45) is 0 Å². The van der Waals surface area contributed by atoms with E-state index in [1.54, 1.807) is 36.4 Å². The lowest BCUT2D eigenvalue weighted by Gasteiger charge is -2.26. The molecule has 2 amide bonds. The lowest BCUT2D eigenvalue weighted by atomic mass is 10.1. The molecule has 2 aromatic rings. The fraction of sp³-hybridized carbons (Fsp3) is 0.333. The van der Waals surface area contributed by atoms with Gasteiger partial charge in [0.15, 0.2) is 9.84 Å². The van der Waals surface area contributed by atoms with E-state index in [9.17, 15) is 18.0 Å². The molecule has 0 saturated carbocycles. The van der Waals surface area contributed by atoms with Crippen LogP contribution in [0, 0.1) is 0 Å². The van der Waals surface area contributed by atoms with Gasteiger partial charge in [-0.25, -0.2) is 8.42 Å². The summed E-state index contributed by atoms with van der Waals surface area (Å²) in [5.41, 5.74) is 2.49. The summed E-state index contributed by atoms with van der Waals surface area (Å²) in [5.74, 6) is 1.69. The number of carbonyl (C=O) groups is 2. The van der Waals surface area contributed by atoms with Gasteiger partial charge in [0.25, 0.3) is 5.91 Å². The first-order chi connectivity index (χ1) is 13.8. The van der Waals surface area contributed by atoms with Gasteiger partial charge >= 0.3 is 0 Å². The van der Waals surface area contributed by atoms with E-state index in [0.717, 1.165) is 36.4 Å². The van der Waals surface area contributed by atoms with Gasteiger partial charge in [0.05, 0.1) is 12.2 Å². The van der Waals surface area contributed by atoms with Crippen LogP contribution >= 0.6 is 11.8 Å². The van der Waals surface area contributed by atoms with E-state index < -0.39 is 9.84 Å². The van der Waals surface area contributed by atoms with Gasteiger partial charge in [-0.2, -0.15) is 11.8 Å². The molecule has 0 aromatic heterocycles. The fourth-order valence-corrected chi connectivity index (χ4v) is 4.80. The molecule has 1 heterocycles. The van der Waals surface area contributed by atoms with Crippen LogP contribution in [0.1, 0.15) is 21.5 Å². The highest BCUT2D eigenvalue weighted by Gasteiger charge is 2.17. The number of sulfone groups is 1. The Kier molecular flexibility index (Phi) is 6.97. The van der Waals surface area contributed by atoms with Gasteiger partial charge in [0.1, 0.15) is 0 Å². The van der Waals surface area contributed by atoms with Crippen molar-refractivity contribution in [3.63, 3.8) is 0 Å². The zero-order chi connectivity index (χ0) is 20.9. The Bertz CT molecular complexity index is 982. The first-order valence-electron chi connectivity index (χ1n) is 9.33. The Morgan fingerprint density at radius 3 is 2.38 bits per heavy atom. The Morgan fingerprint density at radius 2 is 1.72 bits per heavy atom. The normalized spacial score (nSPS) is 14.4. The standard InChI is InChI=1S/C21H24N2O4S2/c1-29(26,27)15-17-3-2-4-18(13-17)21(25)22-19-7-5-16(6-8-19)14-20(24)23-9-11-28-12-10-23/h2-8,13H,9-12,14-15H2,1H3,(H,22,25). The summed E-state index contributed by atoms with van der Waals surface area (Å²) in [7, 11) is -3.17.